The van der Waals surface area contributed by atoms with E-state index in [0.717, 1.165) is 71.0 Å². The Kier molecular flexibility index (Phi) is 6.93. The number of ether oxygens (including phenoxy) is 1. The molecule has 0 spiro atoms. The standard InChI is InChI=1S/C27H35N5O2S/c1-18-28-21(17-35-18)16-31(3)26-20(13-19-8-11-23(34-4)14-24(19)29-26)15-32(22-9-10-22)27(33)25-7-5-6-12-30(25)2/h8,11,13-14,17,22,25H,5-7,9-10,12,15-16H2,1-4H3/t25-/m1/s1. The smallest absolute Gasteiger partial charge is 0.240 e. The first-order valence-electron chi connectivity index (χ1n) is 12.5. The zero-order valence-electron chi connectivity index (χ0n) is 21.2. The van der Waals surface area contributed by atoms with E-state index in [1.165, 1.54) is 6.42 Å². The number of pyridine rings is 1. The highest BCUT2D eigenvalue weighted by molar-refractivity contribution is 7.09. The second-order valence-electron chi connectivity index (χ2n) is 9.93. The average molecular weight is 494 g/mol. The van der Waals surface area contributed by atoms with Gasteiger partial charge in [0.15, 0.2) is 0 Å². The first-order chi connectivity index (χ1) is 16.9. The summed E-state index contributed by atoms with van der Waals surface area (Å²) in [6.07, 6.45) is 5.42. The lowest BCUT2D eigenvalue weighted by atomic mass is 10.0. The number of likely N-dealkylation sites (tertiary alicyclic amines) is 1. The van der Waals surface area contributed by atoms with Gasteiger partial charge in [-0.1, -0.05) is 6.42 Å². The van der Waals surface area contributed by atoms with Gasteiger partial charge in [0, 0.05) is 42.0 Å². The number of benzene rings is 1. The number of aryl methyl sites for hydroxylation is 1. The van der Waals surface area contributed by atoms with E-state index in [4.69, 9.17) is 9.72 Å². The molecule has 3 aromatic rings. The van der Waals surface area contributed by atoms with Gasteiger partial charge in [0.25, 0.3) is 0 Å². The maximum Gasteiger partial charge on any atom is 0.240 e. The van der Waals surface area contributed by atoms with E-state index in [1.54, 1.807) is 18.4 Å². The number of nitrogens with zero attached hydrogens (tertiary/aromatic N) is 5. The molecule has 3 heterocycles. The highest BCUT2D eigenvalue weighted by Crippen LogP contribution is 2.34. The summed E-state index contributed by atoms with van der Waals surface area (Å²) >= 11 is 1.66. The van der Waals surface area contributed by atoms with E-state index in [0.29, 0.717) is 19.1 Å². The first kappa shape index (κ1) is 24.0. The zero-order valence-corrected chi connectivity index (χ0v) is 22.0. The van der Waals surface area contributed by atoms with Gasteiger partial charge in [0.05, 0.1) is 35.9 Å². The summed E-state index contributed by atoms with van der Waals surface area (Å²) in [6, 6.07) is 8.52. The summed E-state index contributed by atoms with van der Waals surface area (Å²) in [5.74, 6) is 1.96. The molecule has 0 N–H and O–H groups in total. The molecule has 1 aromatic carbocycles. The number of anilines is 1. The molecule has 1 aliphatic heterocycles. The average Bonchev–Trinajstić information content (AvgIpc) is 3.62. The summed E-state index contributed by atoms with van der Waals surface area (Å²) in [5.41, 5.74) is 3.00. The van der Waals surface area contributed by atoms with E-state index >= 15 is 0 Å². The van der Waals surface area contributed by atoms with Crippen LogP contribution in [0.15, 0.2) is 29.6 Å². The quantitative estimate of drug-likeness (QED) is 0.456. The lowest BCUT2D eigenvalue weighted by molar-refractivity contribution is -0.138. The SMILES string of the molecule is COc1ccc2cc(CN(C(=O)[C@H]3CCCCN3C)C3CC3)c(N(C)Cc3csc(C)n3)nc2c1. The van der Waals surface area contributed by atoms with E-state index in [1.807, 2.05) is 19.1 Å². The van der Waals surface area contributed by atoms with Crippen molar-refractivity contribution in [1.82, 2.24) is 19.8 Å². The van der Waals surface area contributed by atoms with Crippen molar-refractivity contribution in [2.24, 2.45) is 0 Å². The highest BCUT2D eigenvalue weighted by atomic mass is 32.1. The maximum absolute atomic E-state index is 13.7. The topological polar surface area (TPSA) is 61.8 Å². The summed E-state index contributed by atoms with van der Waals surface area (Å²) in [7, 11) is 5.83. The molecule has 1 saturated heterocycles. The molecule has 1 atom stereocenters. The molecule has 7 nitrogen and oxygen atoms in total. The van der Waals surface area contributed by atoms with E-state index in [9.17, 15) is 4.79 Å². The third-order valence-corrected chi connectivity index (χ3v) is 8.00. The van der Waals surface area contributed by atoms with Crippen molar-refractivity contribution in [2.75, 3.05) is 32.6 Å². The van der Waals surface area contributed by atoms with Crippen molar-refractivity contribution in [3.05, 3.63) is 45.9 Å². The summed E-state index contributed by atoms with van der Waals surface area (Å²) in [4.78, 5) is 30.0. The normalized spacial score (nSPS) is 18.6. The van der Waals surface area contributed by atoms with Gasteiger partial charge in [-0.15, -0.1) is 11.3 Å². The van der Waals surface area contributed by atoms with Gasteiger partial charge < -0.3 is 14.5 Å². The third-order valence-electron chi connectivity index (χ3n) is 7.18. The lowest BCUT2D eigenvalue weighted by Gasteiger charge is -2.36. The van der Waals surface area contributed by atoms with Crippen LogP contribution < -0.4 is 9.64 Å². The number of hydrogen-bond acceptors (Lipinski definition) is 7. The predicted molar refractivity (Wildman–Crippen MR) is 141 cm³/mol. The fourth-order valence-electron chi connectivity index (χ4n) is 5.09. The molecule has 186 valence electrons. The largest absolute Gasteiger partial charge is 0.497 e. The van der Waals surface area contributed by atoms with Gasteiger partial charge >= 0.3 is 0 Å². The molecule has 1 saturated carbocycles. The van der Waals surface area contributed by atoms with Gasteiger partial charge in [-0.2, -0.15) is 0 Å². The van der Waals surface area contributed by atoms with Crippen LogP contribution in [-0.2, 0) is 17.9 Å². The van der Waals surface area contributed by atoms with Crippen LogP contribution in [0.3, 0.4) is 0 Å². The number of hydrogen-bond donors (Lipinski definition) is 0. The van der Waals surface area contributed by atoms with Crippen molar-refractivity contribution >= 4 is 34.0 Å². The van der Waals surface area contributed by atoms with Crippen molar-refractivity contribution in [3.8, 4) is 5.75 Å². The van der Waals surface area contributed by atoms with E-state index < -0.39 is 0 Å². The minimum absolute atomic E-state index is 0.0128. The number of amides is 1. The Bertz CT molecular complexity index is 1210. The molecule has 5 rings (SSSR count). The van der Waals surface area contributed by atoms with Gasteiger partial charge in [0.2, 0.25) is 5.91 Å². The molecular formula is C27H35N5O2S. The Hall–Kier alpha value is -2.71. The summed E-state index contributed by atoms with van der Waals surface area (Å²) in [6.45, 7) is 4.28. The summed E-state index contributed by atoms with van der Waals surface area (Å²) < 4.78 is 5.44. The maximum atomic E-state index is 13.7. The number of rotatable bonds is 8. The molecule has 2 fully saturated rings. The van der Waals surface area contributed by atoms with Crippen molar-refractivity contribution in [2.45, 2.75) is 64.2 Å². The first-order valence-corrected chi connectivity index (χ1v) is 13.4. The Morgan fingerprint density at radius 2 is 2.00 bits per heavy atom. The fourth-order valence-corrected chi connectivity index (χ4v) is 5.69. The van der Waals surface area contributed by atoms with E-state index in [-0.39, 0.29) is 11.9 Å². The monoisotopic (exact) mass is 493 g/mol. The molecule has 1 aliphatic carbocycles. The van der Waals surface area contributed by atoms with Crippen molar-refractivity contribution in [3.63, 3.8) is 0 Å². The Morgan fingerprint density at radius 1 is 1.17 bits per heavy atom. The molecule has 2 aromatic heterocycles. The van der Waals surface area contributed by atoms with Crippen LogP contribution in [0.5, 0.6) is 5.75 Å². The van der Waals surface area contributed by atoms with Crippen LogP contribution in [0.2, 0.25) is 0 Å². The second kappa shape index (κ2) is 10.1. The van der Waals surface area contributed by atoms with Gasteiger partial charge in [-0.3, -0.25) is 9.69 Å². The predicted octanol–water partition coefficient (Wildman–Crippen LogP) is 4.62. The van der Waals surface area contributed by atoms with Crippen LogP contribution in [0.1, 0.15) is 48.4 Å². The lowest BCUT2D eigenvalue weighted by Crippen LogP contribution is -2.49. The van der Waals surface area contributed by atoms with Gasteiger partial charge in [-0.05, 0) is 64.4 Å². The van der Waals surface area contributed by atoms with Gasteiger partial charge in [0.1, 0.15) is 11.6 Å². The second-order valence-corrected chi connectivity index (χ2v) is 11.0. The van der Waals surface area contributed by atoms with E-state index in [2.05, 4.69) is 51.3 Å². The molecular weight excluding hydrogens is 458 g/mol. The van der Waals surface area contributed by atoms with Crippen LogP contribution in [0, 0.1) is 6.92 Å². The molecule has 0 bridgehead atoms. The minimum Gasteiger partial charge on any atom is -0.497 e. The number of likely N-dealkylation sites (N-methyl/N-ethyl adjacent to an activating group) is 1. The van der Waals surface area contributed by atoms with Crippen LogP contribution in [0.25, 0.3) is 10.9 Å². The minimum atomic E-state index is -0.0128. The Morgan fingerprint density at radius 3 is 2.69 bits per heavy atom. The summed E-state index contributed by atoms with van der Waals surface area (Å²) in [5, 5.41) is 4.22. The highest BCUT2D eigenvalue weighted by Gasteiger charge is 2.38. The number of carbonyl (C=O) groups is 1. The number of thiazole rings is 1. The zero-order chi connectivity index (χ0) is 24.5. The number of carbonyl (C=O) groups excluding carboxylic acids is 1. The van der Waals surface area contributed by atoms with Crippen LogP contribution in [0.4, 0.5) is 5.82 Å². The fraction of sp³-hybridized carbons (Fsp3) is 0.519. The molecule has 0 radical (unpaired) electrons. The number of piperidine rings is 1. The number of fused-ring (bicyclic) bond motifs is 1. The Balaban J connectivity index is 1.50. The van der Waals surface area contributed by atoms with Crippen LogP contribution in [-0.4, -0.2) is 65.5 Å². The molecule has 2 aliphatic rings. The third kappa shape index (κ3) is 5.28. The molecule has 0 unspecified atom stereocenters. The van der Waals surface area contributed by atoms with Crippen molar-refractivity contribution < 1.29 is 9.53 Å². The number of aromatic nitrogens is 2. The Labute approximate surface area is 211 Å². The van der Waals surface area contributed by atoms with Crippen LogP contribution >= 0.6 is 11.3 Å². The number of methoxy groups -OCH3 is 1. The van der Waals surface area contributed by atoms with Crippen molar-refractivity contribution in [1.29, 1.82) is 0 Å². The molecule has 8 heteroatoms. The van der Waals surface area contributed by atoms with Gasteiger partial charge in [-0.25, -0.2) is 9.97 Å². The molecule has 1 amide bonds. The molecule has 35 heavy (non-hydrogen) atoms.